The Morgan fingerprint density at radius 3 is 2.59 bits per heavy atom. The highest BCUT2D eigenvalue weighted by Crippen LogP contribution is 2.24. The third-order valence-electron chi connectivity index (χ3n) is 3.82. The molecule has 3 aromatic rings. The highest BCUT2D eigenvalue weighted by atomic mass is 32.2. The van der Waals surface area contributed by atoms with Crippen molar-refractivity contribution < 1.29 is 13.2 Å². The zero-order valence-electron chi connectivity index (χ0n) is 14.8. The van der Waals surface area contributed by atoms with Crippen molar-refractivity contribution in [2.24, 2.45) is 0 Å². The van der Waals surface area contributed by atoms with E-state index in [1.165, 1.54) is 13.3 Å². The van der Waals surface area contributed by atoms with Gasteiger partial charge in [0.1, 0.15) is 16.9 Å². The Balaban J connectivity index is 1.69. The summed E-state index contributed by atoms with van der Waals surface area (Å²) in [7, 11) is -3.65. The largest absolute Gasteiger partial charge is 0.351 e. The van der Waals surface area contributed by atoms with Crippen molar-refractivity contribution >= 4 is 27.3 Å². The Labute approximate surface area is 161 Å². The van der Waals surface area contributed by atoms with Crippen LogP contribution in [0.25, 0.3) is 5.69 Å². The molecule has 10 heteroatoms. The number of rotatable bonds is 7. The summed E-state index contributed by atoms with van der Waals surface area (Å²) >= 11 is 1.14. The molecule has 27 heavy (non-hydrogen) atoms. The summed E-state index contributed by atoms with van der Waals surface area (Å²) in [6.45, 7) is 3.52. The number of sulfonamides is 1. The number of hydrogen-bond acceptors (Lipinski definition) is 6. The number of benzene rings is 1. The van der Waals surface area contributed by atoms with Crippen LogP contribution in [0.4, 0.5) is 0 Å². The van der Waals surface area contributed by atoms with Gasteiger partial charge >= 0.3 is 0 Å². The molecule has 2 heterocycles. The summed E-state index contributed by atoms with van der Waals surface area (Å²) < 4.78 is 29.7. The predicted molar refractivity (Wildman–Crippen MR) is 102 cm³/mol. The molecule has 0 spiro atoms. The lowest BCUT2D eigenvalue weighted by Gasteiger charge is -2.14. The van der Waals surface area contributed by atoms with Crippen molar-refractivity contribution in [3.05, 3.63) is 59.5 Å². The highest BCUT2D eigenvalue weighted by molar-refractivity contribution is 7.91. The second-order valence-electron chi connectivity index (χ2n) is 5.91. The van der Waals surface area contributed by atoms with Gasteiger partial charge in [-0.15, -0.1) is 11.3 Å². The first-order chi connectivity index (χ1) is 12.8. The monoisotopic (exact) mass is 405 g/mol. The van der Waals surface area contributed by atoms with Gasteiger partial charge in [0.25, 0.3) is 10.0 Å². The van der Waals surface area contributed by atoms with Crippen molar-refractivity contribution in [3.8, 4) is 5.69 Å². The quantitative estimate of drug-likeness (QED) is 0.625. The number of amides is 1. The molecule has 0 aliphatic carbocycles. The van der Waals surface area contributed by atoms with Crippen molar-refractivity contribution in [2.75, 3.05) is 0 Å². The fourth-order valence-corrected chi connectivity index (χ4v) is 4.97. The van der Waals surface area contributed by atoms with Gasteiger partial charge in [-0.05, 0) is 36.8 Å². The molecule has 0 bridgehead atoms. The van der Waals surface area contributed by atoms with E-state index in [0.717, 1.165) is 27.5 Å². The van der Waals surface area contributed by atoms with E-state index in [1.807, 2.05) is 24.3 Å². The van der Waals surface area contributed by atoms with E-state index >= 15 is 0 Å². The van der Waals surface area contributed by atoms with E-state index < -0.39 is 16.1 Å². The van der Waals surface area contributed by atoms with Crippen molar-refractivity contribution in [1.29, 1.82) is 0 Å². The SMILES string of the molecule is CC(=O)NCc1ccc(S(=O)(=O)NC(C)c2ccc(-n3cncn3)cc2)s1. The highest BCUT2D eigenvalue weighted by Gasteiger charge is 2.20. The molecule has 0 aliphatic rings. The Bertz CT molecular complexity index is 1010. The number of carbonyl (C=O) groups excluding carboxylic acids is 1. The first kappa shape index (κ1) is 19.2. The average molecular weight is 406 g/mol. The Kier molecular flexibility index (Phi) is 5.68. The van der Waals surface area contributed by atoms with E-state index in [-0.39, 0.29) is 10.1 Å². The van der Waals surface area contributed by atoms with Crippen LogP contribution in [-0.2, 0) is 21.4 Å². The molecule has 1 amide bonds. The number of hydrogen-bond donors (Lipinski definition) is 2. The van der Waals surface area contributed by atoms with Gasteiger partial charge in [-0.2, -0.15) is 5.10 Å². The summed E-state index contributed by atoms with van der Waals surface area (Å²) in [5.74, 6) is -0.158. The maximum atomic E-state index is 12.6. The lowest BCUT2D eigenvalue weighted by atomic mass is 10.1. The zero-order chi connectivity index (χ0) is 19.4. The molecular formula is C17H19N5O3S2. The fourth-order valence-electron chi connectivity index (χ4n) is 2.43. The minimum absolute atomic E-state index is 0.158. The van der Waals surface area contributed by atoms with E-state index in [2.05, 4.69) is 20.1 Å². The lowest BCUT2D eigenvalue weighted by Crippen LogP contribution is -2.26. The van der Waals surface area contributed by atoms with Crippen LogP contribution < -0.4 is 10.0 Å². The number of aromatic nitrogens is 3. The molecule has 0 saturated carbocycles. The maximum absolute atomic E-state index is 12.6. The lowest BCUT2D eigenvalue weighted by molar-refractivity contribution is -0.119. The van der Waals surface area contributed by atoms with Crippen molar-refractivity contribution in [2.45, 2.75) is 30.6 Å². The van der Waals surface area contributed by atoms with Crippen LogP contribution in [0.1, 0.15) is 30.3 Å². The maximum Gasteiger partial charge on any atom is 0.250 e. The number of nitrogens with zero attached hydrogens (tertiary/aromatic N) is 3. The predicted octanol–water partition coefficient (Wildman–Crippen LogP) is 2.00. The van der Waals surface area contributed by atoms with Crippen LogP contribution in [0, 0.1) is 0 Å². The minimum Gasteiger partial charge on any atom is -0.351 e. The molecule has 1 unspecified atom stereocenters. The van der Waals surface area contributed by atoms with Gasteiger partial charge in [0.05, 0.1) is 12.2 Å². The molecule has 1 atom stereocenters. The third-order valence-corrected chi connectivity index (χ3v) is 6.94. The summed E-state index contributed by atoms with van der Waals surface area (Å²) in [5.41, 5.74) is 1.67. The van der Waals surface area contributed by atoms with Gasteiger partial charge in [-0.1, -0.05) is 12.1 Å². The molecular weight excluding hydrogens is 386 g/mol. The molecule has 0 radical (unpaired) electrons. The van der Waals surface area contributed by atoms with Crippen LogP contribution in [0.15, 0.2) is 53.3 Å². The third kappa shape index (κ3) is 4.79. The Morgan fingerprint density at radius 1 is 1.22 bits per heavy atom. The van der Waals surface area contributed by atoms with Crippen LogP contribution in [0.5, 0.6) is 0 Å². The smallest absolute Gasteiger partial charge is 0.250 e. The van der Waals surface area contributed by atoms with E-state index in [0.29, 0.717) is 6.54 Å². The van der Waals surface area contributed by atoms with Gasteiger partial charge in [0, 0.05) is 17.8 Å². The molecule has 1 aromatic carbocycles. The summed E-state index contributed by atoms with van der Waals surface area (Å²) in [4.78, 5) is 15.7. The van der Waals surface area contributed by atoms with Crippen LogP contribution in [0.2, 0.25) is 0 Å². The standard InChI is InChI=1S/C17H19N5O3S2/c1-12(14-3-5-15(6-4-14)22-11-18-10-20-22)21-27(24,25)17-8-7-16(26-17)9-19-13(2)23/h3-8,10-12,21H,9H2,1-2H3,(H,19,23). The van der Waals surface area contributed by atoms with Crippen LogP contribution in [-0.4, -0.2) is 29.1 Å². The topological polar surface area (TPSA) is 106 Å². The van der Waals surface area contributed by atoms with Gasteiger partial charge in [0.2, 0.25) is 5.91 Å². The van der Waals surface area contributed by atoms with Crippen LogP contribution >= 0.6 is 11.3 Å². The molecule has 8 nitrogen and oxygen atoms in total. The second-order valence-corrected chi connectivity index (χ2v) is 9.01. The van der Waals surface area contributed by atoms with Gasteiger partial charge in [-0.3, -0.25) is 4.79 Å². The first-order valence-electron chi connectivity index (χ1n) is 8.15. The molecule has 0 fully saturated rings. The first-order valence-corrected chi connectivity index (χ1v) is 10.5. The molecule has 2 N–H and O–H groups in total. The zero-order valence-corrected chi connectivity index (χ0v) is 16.4. The van der Waals surface area contributed by atoms with Gasteiger partial charge in [-0.25, -0.2) is 22.8 Å². The fraction of sp³-hybridized carbons (Fsp3) is 0.235. The normalized spacial score (nSPS) is 12.7. The van der Waals surface area contributed by atoms with Gasteiger partial charge in [0.15, 0.2) is 0 Å². The second kappa shape index (κ2) is 7.99. The summed E-state index contributed by atoms with van der Waals surface area (Å²) in [6, 6.07) is 10.2. The van der Waals surface area contributed by atoms with Gasteiger partial charge < -0.3 is 5.32 Å². The summed E-state index contributed by atoms with van der Waals surface area (Å²) in [6.07, 6.45) is 3.04. The number of nitrogens with one attached hydrogen (secondary N) is 2. The van der Waals surface area contributed by atoms with E-state index in [4.69, 9.17) is 0 Å². The molecule has 3 rings (SSSR count). The Hall–Kier alpha value is -2.56. The molecule has 0 aliphatic heterocycles. The minimum atomic E-state index is -3.65. The Morgan fingerprint density at radius 2 is 1.96 bits per heavy atom. The molecule has 2 aromatic heterocycles. The average Bonchev–Trinajstić information content (AvgIpc) is 3.32. The molecule has 0 saturated heterocycles. The molecule has 142 valence electrons. The van der Waals surface area contributed by atoms with Crippen LogP contribution in [0.3, 0.4) is 0 Å². The summed E-state index contributed by atoms with van der Waals surface area (Å²) in [5, 5.41) is 6.71. The van der Waals surface area contributed by atoms with Crippen molar-refractivity contribution in [1.82, 2.24) is 24.8 Å². The van der Waals surface area contributed by atoms with E-state index in [9.17, 15) is 13.2 Å². The number of carbonyl (C=O) groups is 1. The number of thiophene rings is 1. The van der Waals surface area contributed by atoms with Crippen molar-refractivity contribution in [3.63, 3.8) is 0 Å². The van der Waals surface area contributed by atoms with E-state index in [1.54, 1.807) is 30.1 Å².